The molecular weight excluding hydrogens is 226 g/mol. The average Bonchev–Trinajstić information content (AvgIpc) is 2.69. The van der Waals surface area contributed by atoms with Gasteiger partial charge < -0.3 is 0 Å². The fourth-order valence-electron chi connectivity index (χ4n) is 1.53. The van der Waals surface area contributed by atoms with Gasteiger partial charge in [-0.2, -0.15) is 0 Å². The second-order valence-electron chi connectivity index (χ2n) is 3.56. The standard InChI is InChI=1S/C10H11N3O2S/c1-8-3-4-10(9(2)7-8)16(14,15)13-6-5-11-12-13/h3-7,10H,2H2,1H3. The molecule has 1 aliphatic carbocycles. The first-order valence-electron chi connectivity index (χ1n) is 4.68. The van der Waals surface area contributed by atoms with Crippen molar-refractivity contribution in [2.75, 3.05) is 0 Å². The van der Waals surface area contributed by atoms with Gasteiger partial charge in [-0.05, 0) is 12.5 Å². The molecule has 0 aromatic carbocycles. The Morgan fingerprint density at radius 3 is 2.81 bits per heavy atom. The summed E-state index contributed by atoms with van der Waals surface area (Å²) in [6.07, 6.45) is 7.75. The van der Waals surface area contributed by atoms with Crippen molar-refractivity contribution in [2.45, 2.75) is 12.2 Å². The maximum absolute atomic E-state index is 12.1. The predicted octanol–water partition coefficient (Wildman–Crippen LogP) is 0.897. The van der Waals surface area contributed by atoms with Crippen LogP contribution < -0.4 is 0 Å². The van der Waals surface area contributed by atoms with Crippen molar-refractivity contribution in [3.05, 3.63) is 48.3 Å². The van der Waals surface area contributed by atoms with Gasteiger partial charge in [0, 0.05) is 0 Å². The zero-order valence-corrected chi connectivity index (χ0v) is 9.55. The second kappa shape index (κ2) is 3.71. The van der Waals surface area contributed by atoms with Gasteiger partial charge in [0.1, 0.15) is 5.25 Å². The van der Waals surface area contributed by atoms with Crippen LogP contribution in [0.25, 0.3) is 0 Å². The molecule has 0 N–H and O–H groups in total. The summed E-state index contributed by atoms with van der Waals surface area (Å²) in [6, 6.07) is 0. The van der Waals surface area contributed by atoms with E-state index in [-0.39, 0.29) is 0 Å². The topological polar surface area (TPSA) is 64.8 Å². The van der Waals surface area contributed by atoms with Crippen LogP contribution in [0.3, 0.4) is 0 Å². The Bertz CT molecular complexity index is 567. The molecule has 0 saturated carbocycles. The molecule has 6 heteroatoms. The van der Waals surface area contributed by atoms with Crippen LogP contribution in [0.1, 0.15) is 6.92 Å². The highest BCUT2D eigenvalue weighted by Gasteiger charge is 2.28. The van der Waals surface area contributed by atoms with Crippen molar-refractivity contribution in [3.8, 4) is 0 Å². The first-order chi connectivity index (χ1) is 7.51. The van der Waals surface area contributed by atoms with Gasteiger partial charge in [0.15, 0.2) is 0 Å². The molecule has 1 unspecified atom stereocenters. The van der Waals surface area contributed by atoms with Crippen LogP contribution in [0.5, 0.6) is 0 Å². The van der Waals surface area contributed by atoms with Crippen molar-refractivity contribution < 1.29 is 8.42 Å². The predicted molar refractivity (Wildman–Crippen MR) is 60.2 cm³/mol. The molecule has 2 rings (SSSR count). The van der Waals surface area contributed by atoms with Gasteiger partial charge in [0.25, 0.3) is 10.0 Å². The van der Waals surface area contributed by atoms with E-state index in [4.69, 9.17) is 0 Å². The Kier molecular flexibility index (Phi) is 2.51. The van der Waals surface area contributed by atoms with E-state index < -0.39 is 15.3 Å². The quantitative estimate of drug-likeness (QED) is 0.766. The molecule has 0 saturated heterocycles. The van der Waals surface area contributed by atoms with Crippen LogP contribution in [-0.2, 0) is 10.0 Å². The van der Waals surface area contributed by atoms with Crippen LogP contribution in [-0.4, -0.2) is 28.1 Å². The average molecular weight is 237 g/mol. The molecule has 1 atom stereocenters. The Labute approximate surface area is 93.8 Å². The summed E-state index contributed by atoms with van der Waals surface area (Å²) in [7, 11) is -3.58. The molecular formula is C10H11N3O2S. The molecule has 84 valence electrons. The maximum atomic E-state index is 12.1. The normalized spacial score (nSPS) is 20.9. The molecule has 0 aliphatic heterocycles. The third kappa shape index (κ3) is 1.71. The lowest BCUT2D eigenvalue weighted by atomic mass is 10.0. The lowest BCUT2D eigenvalue weighted by Crippen LogP contribution is -2.28. The fraction of sp³-hybridized carbons (Fsp3) is 0.200. The molecule has 0 spiro atoms. The molecule has 0 radical (unpaired) electrons. The van der Waals surface area contributed by atoms with E-state index >= 15 is 0 Å². The van der Waals surface area contributed by atoms with Crippen molar-refractivity contribution in [2.24, 2.45) is 0 Å². The zero-order chi connectivity index (χ0) is 11.8. The smallest absolute Gasteiger partial charge is 0.204 e. The van der Waals surface area contributed by atoms with Gasteiger partial charge in [-0.25, -0.2) is 8.42 Å². The third-order valence-electron chi connectivity index (χ3n) is 2.29. The van der Waals surface area contributed by atoms with Crippen molar-refractivity contribution in [3.63, 3.8) is 0 Å². The van der Waals surface area contributed by atoms with Crippen LogP contribution in [0.15, 0.2) is 48.3 Å². The number of allylic oxidation sites excluding steroid dienone is 3. The summed E-state index contributed by atoms with van der Waals surface area (Å²) in [5.74, 6) is 0. The first kappa shape index (κ1) is 10.8. The Morgan fingerprint density at radius 1 is 1.50 bits per heavy atom. The van der Waals surface area contributed by atoms with Crippen LogP contribution in [0.4, 0.5) is 0 Å². The molecule has 1 aliphatic rings. The first-order valence-corrected chi connectivity index (χ1v) is 6.18. The van der Waals surface area contributed by atoms with Gasteiger partial charge in [-0.1, -0.05) is 35.6 Å². The maximum Gasteiger partial charge on any atom is 0.265 e. The van der Waals surface area contributed by atoms with E-state index in [2.05, 4.69) is 16.9 Å². The Balaban J connectivity index is 2.42. The van der Waals surface area contributed by atoms with Gasteiger partial charge >= 0.3 is 0 Å². The summed E-state index contributed by atoms with van der Waals surface area (Å²) in [5.41, 5.74) is 1.52. The van der Waals surface area contributed by atoms with Crippen LogP contribution >= 0.6 is 0 Å². The van der Waals surface area contributed by atoms with Gasteiger partial charge in [-0.15, -0.1) is 9.19 Å². The van der Waals surface area contributed by atoms with Crippen LogP contribution in [0, 0.1) is 0 Å². The summed E-state index contributed by atoms with van der Waals surface area (Å²) in [4.78, 5) is 0. The molecule has 0 amide bonds. The number of rotatable bonds is 2. The lowest BCUT2D eigenvalue weighted by molar-refractivity contribution is 0.574. The Morgan fingerprint density at radius 2 is 2.25 bits per heavy atom. The SMILES string of the molecule is C=C1C=C(C)C=CC1S(=O)(=O)n1ccnn1. The minimum Gasteiger partial charge on any atom is -0.204 e. The molecule has 0 bridgehead atoms. The van der Waals surface area contributed by atoms with Crippen molar-refractivity contribution in [1.82, 2.24) is 14.4 Å². The van der Waals surface area contributed by atoms with E-state index in [9.17, 15) is 8.42 Å². The third-order valence-corrected chi connectivity index (χ3v) is 4.11. The second-order valence-corrected chi connectivity index (χ2v) is 5.48. The molecule has 16 heavy (non-hydrogen) atoms. The highest BCUT2D eigenvalue weighted by atomic mass is 32.2. The summed E-state index contributed by atoms with van der Waals surface area (Å²) < 4.78 is 25.0. The van der Waals surface area contributed by atoms with Crippen LogP contribution in [0.2, 0.25) is 0 Å². The van der Waals surface area contributed by atoms with E-state index in [1.54, 1.807) is 18.2 Å². The summed E-state index contributed by atoms with van der Waals surface area (Å²) in [5, 5.41) is 6.22. The molecule has 0 fully saturated rings. The minimum atomic E-state index is -3.58. The van der Waals surface area contributed by atoms with Crippen molar-refractivity contribution in [1.29, 1.82) is 0 Å². The summed E-state index contributed by atoms with van der Waals surface area (Å²) in [6.45, 7) is 5.64. The Hall–Kier alpha value is -1.69. The number of hydrogen-bond donors (Lipinski definition) is 0. The largest absolute Gasteiger partial charge is 0.265 e. The van der Waals surface area contributed by atoms with Gasteiger partial charge in [0.05, 0.1) is 12.4 Å². The highest BCUT2D eigenvalue weighted by Crippen LogP contribution is 2.21. The highest BCUT2D eigenvalue weighted by molar-refractivity contribution is 7.90. The van der Waals surface area contributed by atoms with Gasteiger partial charge in [-0.3, -0.25) is 0 Å². The van der Waals surface area contributed by atoms with E-state index in [1.165, 1.54) is 12.4 Å². The molecule has 1 aromatic heterocycles. The number of hydrogen-bond acceptors (Lipinski definition) is 4. The summed E-state index contributed by atoms with van der Waals surface area (Å²) >= 11 is 0. The minimum absolute atomic E-state index is 0.538. The molecule has 1 heterocycles. The monoisotopic (exact) mass is 237 g/mol. The number of nitrogens with zero attached hydrogens (tertiary/aromatic N) is 3. The molecule has 5 nitrogen and oxygen atoms in total. The molecule has 1 aromatic rings. The van der Waals surface area contributed by atoms with E-state index in [0.29, 0.717) is 5.57 Å². The van der Waals surface area contributed by atoms with E-state index in [0.717, 1.165) is 9.66 Å². The van der Waals surface area contributed by atoms with Crippen molar-refractivity contribution >= 4 is 10.0 Å². The lowest BCUT2D eigenvalue weighted by Gasteiger charge is -2.17. The zero-order valence-electron chi connectivity index (χ0n) is 8.74. The fourth-order valence-corrected chi connectivity index (χ4v) is 2.85. The van der Waals surface area contributed by atoms with E-state index in [1.807, 2.05) is 6.92 Å². The number of aromatic nitrogens is 3. The van der Waals surface area contributed by atoms with Gasteiger partial charge in [0.2, 0.25) is 0 Å².